The molecule has 0 aliphatic rings. The monoisotopic (exact) mass is 321 g/mol. The second-order valence-corrected chi connectivity index (χ2v) is 8.04. The minimum atomic E-state index is -3.65. The fourth-order valence-corrected chi connectivity index (χ4v) is 3.88. The standard InChI is InChI=1S/C16H20NO2PS/c1-3-12-17(20(18,19)21)16-11-7-6-10-15(16)14-9-5-4-8-13(14)2/h4-11H,3,12H2,1-2H3,(H2,18,19,21). The highest BCUT2D eigenvalue weighted by atomic mass is 32.7. The number of hydrogen-bond acceptors (Lipinski definition) is 1. The maximum atomic E-state index is 12.1. The number of nitrogens with zero attached hydrogens (tertiary/aromatic N) is 1. The molecule has 0 fully saturated rings. The van der Waals surface area contributed by atoms with E-state index in [1.165, 1.54) is 4.67 Å². The number of aryl methyl sites for hydroxylation is 1. The van der Waals surface area contributed by atoms with E-state index in [2.05, 4.69) is 12.2 Å². The first kappa shape index (κ1) is 16.2. The zero-order chi connectivity index (χ0) is 15.5. The molecule has 1 N–H and O–H groups in total. The van der Waals surface area contributed by atoms with E-state index in [4.69, 9.17) is 0 Å². The quantitative estimate of drug-likeness (QED) is 0.607. The van der Waals surface area contributed by atoms with Gasteiger partial charge in [-0.25, -0.2) is 0 Å². The van der Waals surface area contributed by atoms with Gasteiger partial charge in [-0.15, -0.1) is 0 Å². The van der Waals surface area contributed by atoms with Crippen LogP contribution in [0.5, 0.6) is 0 Å². The van der Waals surface area contributed by atoms with Gasteiger partial charge in [0.05, 0.1) is 5.69 Å². The van der Waals surface area contributed by atoms with Crippen molar-refractivity contribution in [3.63, 3.8) is 0 Å². The van der Waals surface area contributed by atoms with Crippen LogP contribution in [0.4, 0.5) is 5.69 Å². The summed E-state index contributed by atoms with van der Waals surface area (Å²) >= 11 is 3.92. The predicted molar refractivity (Wildman–Crippen MR) is 93.1 cm³/mol. The Morgan fingerprint density at radius 2 is 1.67 bits per heavy atom. The lowest BCUT2D eigenvalue weighted by atomic mass is 9.99. The number of anilines is 1. The van der Waals surface area contributed by atoms with E-state index in [1.54, 1.807) is 0 Å². The summed E-state index contributed by atoms with van der Waals surface area (Å²) in [7, 11) is 0. The maximum Gasteiger partial charge on any atom is 0.348 e. The van der Waals surface area contributed by atoms with Crippen LogP contribution in [0.2, 0.25) is 0 Å². The van der Waals surface area contributed by atoms with Crippen molar-refractivity contribution in [1.29, 1.82) is 0 Å². The molecule has 0 heterocycles. The molecule has 0 bridgehead atoms. The van der Waals surface area contributed by atoms with Gasteiger partial charge >= 0.3 is 6.72 Å². The molecule has 0 aliphatic heterocycles. The molecule has 2 rings (SSSR count). The molecule has 112 valence electrons. The largest absolute Gasteiger partial charge is 0.348 e. The smallest absolute Gasteiger partial charge is 0.322 e. The lowest BCUT2D eigenvalue weighted by molar-refractivity contribution is 0.492. The van der Waals surface area contributed by atoms with Gasteiger partial charge in [0.1, 0.15) is 0 Å². The van der Waals surface area contributed by atoms with Crippen LogP contribution < -0.4 is 4.67 Å². The van der Waals surface area contributed by atoms with Crippen molar-refractivity contribution >= 4 is 24.7 Å². The molecule has 21 heavy (non-hydrogen) atoms. The van der Waals surface area contributed by atoms with Gasteiger partial charge in [-0.05, 0) is 30.5 Å². The average molecular weight is 321 g/mol. The van der Waals surface area contributed by atoms with E-state index in [-0.39, 0.29) is 0 Å². The lowest BCUT2D eigenvalue weighted by Gasteiger charge is -2.28. The van der Waals surface area contributed by atoms with Crippen molar-refractivity contribution in [2.24, 2.45) is 0 Å². The van der Waals surface area contributed by atoms with E-state index in [0.29, 0.717) is 6.54 Å². The summed E-state index contributed by atoms with van der Waals surface area (Å²) in [6.07, 6.45) is 0.771. The Morgan fingerprint density at radius 1 is 1.10 bits per heavy atom. The van der Waals surface area contributed by atoms with Gasteiger partial charge in [0.2, 0.25) is 0 Å². The SMILES string of the molecule is CCCN(c1ccccc1-c1ccccc1C)P(=O)(O)S. The summed E-state index contributed by atoms with van der Waals surface area (Å²) in [5.74, 6) is 0. The first-order chi connectivity index (χ1) is 9.95. The van der Waals surface area contributed by atoms with E-state index in [1.807, 2.05) is 62.4 Å². The molecular formula is C16H20NO2PS. The van der Waals surface area contributed by atoms with Crippen molar-refractivity contribution in [1.82, 2.24) is 0 Å². The Labute approximate surface area is 131 Å². The topological polar surface area (TPSA) is 40.5 Å². The third-order valence-corrected chi connectivity index (χ3v) is 5.06. The van der Waals surface area contributed by atoms with Crippen LogP contribution >= 0.6 is 19.0 Å². The second kappa shape index (κ2) is 6.69. The van der Waals surface area contributed by atoms with Gasteiger partial charge in [0.25, 0.3) is 0 Å². The molecule has 1 unspecified atom stereocenters. The van der Waals surface area contributed by atoms with Crippen LogP contribution in [0.3, 0.4) is 0 Å². The third-order valence-electron chi connectivity index (χ3n) is 3.37. The van der Waals surface area contributed by atoms with Crippen LogP contribution in [0.15, 0.2) is 48.5 Å². The van der Waals surface area contributed by atoms with Crippen LogP contribution in [0.25, 0.3) is 11.1 Å². The normalized spacial score (nSPS) is 13.7. The van der Waals surface area contributed by atoms with Crippen molar-refractivity contribution in [2.45, 2.75) is 20.3 Å². The molecule has 0 aliphatic carbocycles. The minimum absolute atomic E-state index is 0.486. The summed E-state index contributed by atoms with van der Waals surface area (Å²) in [4.78, 5) is 9.95. The maximum absolute atomic E-state index is 12.1. The first-order valence-corrected chi connectivity index (χ1v) is 9.70. The zero-order valence-electron chi connectivity index (χ0n) is 12.2. The fraction of sp³-hybridized carbons (Fsp3) is 0.250. The number of hydrogen-bond donors (Lipinski definition) is 2. The molecule has 0 amide bonds. The van der Waals surface area contributed by atoms with Gasteiger partial charge in [-0.3, -0.25) is 9.24 Å². The number of thiol groups is 1. The molecule has 0 spiro atoms. The van der Waals surface area contributed by atoms with Gasteiger partial charge in [-0.2, -0.15) is 0 Å². The summed E-state index contributed by atoms with van der Waals surface area (Å²) in [6, 6.07) is 15.7. The van der Waals surface area contributed by atoms with Crippen molar-refractivity contribution in [3.05, 3.63) is 54.1 Å². The van der Waals surface area contributed by atoms with Crippen LogP contribution in [0, 0.1) is 6.92 Å². The Kier molecular flexibility index (Phi) is 5.15. The first-order valence-electron chi connectivity index (χ1n) is 6.93. The van der Waals surface area contributed by atoms with Gasteiger partial charge in [0.15, 0.2) is 0 Å². The predicted octanol–water partition coefficient (Wildman–Crippen LogP) is 4.91. The number of para-hydroxylation sites is 1. The highest BCUT2D eigenvalue weighted by Crippen LogP contribution is 2.54. The minimum Gasteiger partial charge on any atom is -0.322 e. The van der Waals surface area contributed by atoms with Crippen LogP contribution in [-0.2, 0) is 4.57 Å². The van der Waals surface area contributed by atoms with Gasteiger partial charge < -0.3 is 4.89 Å². The molecule has 3 nitrogen and oxygen atoms in total. The average Bonchev–Trinajstić information content (AvgIpc) is 2.44. The Balaban J connectivity index is 2.60. The Bertz CT molecular complexity index is 669. The van der Waals surface area contributed by atoms with E-state index < -0.39 is 6.72 Å². The van der Waals surface area contributed by atoms with E-state index >= 15 is 0 Å². The third kappa shape index (κ3) is 3.70. The molecule has 0 radical (unpaired) electrons. The molecular weight excluding hydrogens is 301 g/mol. The van der Waals surface area contributed by atoms with Crippen molar-refractivity contribution in [3.8, 4) is 11.1 Å². The fourth-order valence-electron chi connectivity index (χ4n) is 2.40. The molecule has 2 aromatic rings. The molecule has 0 saturated carbocycles. The van der Waals surface area contributed by atoms with Crippen molar-refractivity contribution in [2.75, 3.05) is 11.2 Å². The molecule has 2 aromatic carbocycles. The molecule has 1 atom stereocenters. The summed E-state index contributed by atoms with van der Waals surface area (Å²) in [5.41, 5.74) is 3.89. The summed E-state index contributed by atoms with van der Waals surface area (Å²) in [6.45, 7) is 0.853. The molecule has 5 heteroatoms. The Morgan fingerprint density at radius 3 is 2.24 bits per heavy atom. The van der Waals surface area contributed by atoms with Crippen LogP contribution in [0.1, 0.15) is 18.9 Å². The number of rotatable bonds is 5. The highest BCUT2D eigenvalue weighted by molar-refractivity contribution is 8.46. The van der Waals surface area contributed by atoms with Gasteiger partial charge in [-0.1, -0.05) is 61.6 Å². The van der Waals surface area contributed by atoms with Crippen LogP contribution in [-0.4, -0.2) is 11.4 Å². The second-order valence-electron chi connectivity index (χ2n) is 4.97. The zero-order valence-corrected chi connectivity index (χ0v) is 14.0. The highest BCUT2D eigenvalue weighted by Gasteiger charge is 2.25. The van der Waals surface area contributed by atoms with E-state index in [9.17, 15) is 9.46 Å². The summed E-state index contributed by atoms with van der Waals surface area (Å²) in [5, 5.41) is 0. The van der Waals surface area contributed by atoms with Gasteiger partial charge in [0, 0.05) is 12.1 Å². The van der Waals surface area contributed by atoms with Crippen molar-refractivity contribution < 1.29 is 9.46 Å². The molecule has 0 aromatic heterocycles. The Hall–Kier alpha value is -1.22. The number of benzene rings is 2. The van der Waals surface area contributed by atoms with E-state index in [0.717, 1.165) is 28.8 Å². The summed E-state index contributed by atoms with van der Waals surface area (Å²) < 4.78 is 13.6. The lowest BCUT2D eigenvalue weighted by Crippen LogP contribution is -2.19. The molecule has 0 saturated heterocycles.